The first-order valence-corrected chi connectivity index (χ1v) is 7.16. The summed E-state index contributed by atoms with van der Waals surface area (Å²) >= 11 is 1.04. The molecule has 8 heteroatoms. The van der Waals surface area contributed by atoms with E-state index in [-0.39, 0.29) is 16.6 Å². The fraction of sp³-hybridized carbons (Fsp3) is 0.308. The Hall–Kier alpha value is -2.09. The highest BCUT2D eigenvalue weighted by Gasteiger charge is 2.25. The first-order chi connectivity index (χ1) is 10.0. The summed E-state index contributed by atoms with van der Waals surface area (Å²) in [4.78, 5) is 12.2. The lowest BCUT2D eigenvalue weighted by molar-refractivity contribution is -0.772. The SMILES string of the molecule is CCC(Sc1c([O-])on[n+]1C)C(=O)Nc1ccccc1F. The fourth-order valence-electron chi connectivity index (χ4n) is 1.66. The Bertz CT molecular complexity index is 628. The minimum atomic E-state index is -0.598. The molecule has 0 spiro atoms. The number of carbonyl (C=O) groups is 1. The molecule has 6 nitrogen and oxygen atoms in total. The molecule has 1 heterocycles. The van der Waals surface area contributed by atoms with E-state index in [0.717, 1.165) is 11.8 Å². The number of para-hydroxylation sites is 1. The number of nitrogens with one attached hydrogen (secondary N) is 1. The van der Waals surface area contributed by atoms with Crippen molar-refractivity contribution in [1.82, 2.24) is 5.27 Å². The zero-order chi connectivity index (χ0) is 15.4. The molecule has 0 aliphatic rings. The van der Waals surface area contributed by atoms with Gasteiger partial charge in [0.25, 0.3) is 5.03 Å². The van der Waals surface area contributed by atoms with E-state index in [1.807, 2.05) is 0 Å². The van der Waals surface area contributed by atoms with Gasteiger partial charge in [-0.05, 0) is 30.3 Å². The molecule has 1 N–H and O–H groups in total. The van der Waals surface area contributed by atoms with Gasteiger partial charge in [0.2, 0.25) is 5.91 Å². The fourth-order valence-corrected chi connectivity index (χ4v) is 2.59. The van der Waals surface area contributed by atoms with Gasteiger partial charge in [0.15, 0.2) is 13.0 Å². The second kappa shape index (κ2) is 6.57. The predicted octanol–water partition coefficient (Wildman–Crippen LogP) is 1.22. The number of hydrogen-bond donors (Lipinski definition) is 1. The molecule has 0 aliphatic carbocycles. The van der Waals surface area contributed by atoms with Crippen molar-refractivity contribution in [2.24, 2.45) is 7.05 Å². The number of anilines is 1. The van der Waals surface area contributed by atoms with Crippen LogP contribution in [0.25, 0.3) is 0 Å². The van der Waals surface area contributed by atoms with Crippen molar-refractivity contribution in [2.75, 3.05) is 5.32 Å². The lowest BCUT2D eigenvalue weighted by Crippen LogP contribution is -2.34. The third kappa shape index (κ3) is 3.52. The predicted molar refractivity (Wildman–Crippen MR) is 72.1 cm³/mol. The molecule has 0 bridgehead atoms. The summed E-state index contributed by atoms with van der Waals surface area (Å²) < 4.78 is 19.3. The van der Waals surface area contributed by atoms with Crippen molar-refractivity contribution < 1.29 is 23.5 Å². The number of hydrogen-bond acceptors (Lipinski definition) is 5. The lowest BCUT2D eigenvalue weighted by Gasteiger charge is -2.13. The first kappa shape index (κ1) is 15.3. The van der Waals surface area contributed by atoms with Gasteiger partial charge in [0.05, 0.1) is 16.2 Å². The van der Waals surface area contributed by atoms with E-state index in [4.69, 9.17) is 0 Å². The molecule has 1 aromatic heterocycles. The number of thioether (sulfide) groups is 1. The van der Waals surface area contributed by atoms with E-state index in [1.54, 1.807) is 20.0 Å². The lowest BCUT2D eigenvalue weighted by atomic mass is 10.2. The normalized spacial score (nSPS) is 12.1. The monoisotopic (exact) mass is 311 g/mol. The van der Waals surface area contributed by atoms with Crippen LogP contribution in [0.15, 0.2) is 33.8 Å². The van der Waals surface area contributed by atoms with Gasteiger partial charge in [-0.1, -0.05) is 23.7 Å². The Balaban J connectivity index is 2.11. The van der Waals surface area contributed by atoms with Crippen molar-refractivity contribution in [2.45, 2.75) is 23.6 Å². The van der Waals surface area contributed by atoms with Gasteiger partial charge in [-0.25, -0.2) is 4.39 Å². The Morgan fingerprint density at radius 2 is 2.29 bits per heavy atom. The maximum absolute atomic E-state index is 13.5. The highest BCUT2D eigenvalue weighted by molar-refractivity contribution is 8.00. The number of carbonyl (C=O) groups excluding carboxylic acids is 1. The largest absolute Gasteiger partial charge is 0.538 e. The van der Waals surface area contributed by atoms with Crippen LogP contribution in [0.5, 0.6) is 5.95 Å². The summed E-state index contributed by atoms with van der Waals surface area (Å²) in [6.45, 7) is 1.80. The Morgan fingerprint density at radius 3 is 2.86 bits per heavy atom. The van der Waals surface area contributed by atoms with Crippen molar-refractivity contribution in [1.29, 1.82) is 0 Å². The molecule has 0 saturated heterocycles. The van der Waals surface area contributed by atoms with Crippen LogP contribution in [-0.2, 0) is 11.8 Å². The van der Waals surface area contributed by atoms with Gasteiger partial charge in [-0.3, -0.25) is 4.79 Å². The summed E-state index contributed by atoms with van der Waals surface area (Å²) in [7, 11) is 1.55. The van der Waals surface area contributed by atoms with E-state index in [9.17, 15) is 14.3 Å². The molecule has 0 fully saturated rings. The number of benzene rings is 1. The molecule has 0 aliphatic heterocycles. The zero-order valence-corrected chi connectivity index (χ0v) is 12.3. The van der Waals surface area contributed by atoms with Crippen molar-refractivity contribution in [3.05, 3.63) is 30.1 Å². The number of nitrogens with zero attached hydrogens (tertiary/aromatic N) is 2. The van der Waals surface area contributed by atoms with Gasteiger partial charge in [0, 0.05) is 0 Å². The number of aromatic nitrogens is 2. The molecule has 1 unspecified atom stereocenters. The summed E-state index contributed by atoms with van der Waals surface area (Å²) in [6.07, 6.45) is 0.468. The topological polar surface area (TPSA) is 82.1 Å². The summed E-state index contributed by atoms with van der Waals surface area (Å²) in [6, 6.07) is 5.91. The molecule has 21 heavy (non-hydrogen) atoms. The highest BCUT2D eigenvalue weighted by atomic mass is 32.2. The second-order valence-electron chi connectivity index (χ2n) is 4.27. The minimum absolute atomic E-state index is 0.110. The van der Waals surface area contributed by atoms with Crippen LogP contribution in [0.2, 0.25) is 0 Å². The average molecular weight is 311 g/mol. The second-order valence-corrected chi connectivity index (χ2v) is 5.46. The van der Waals surface area contributed by atoms with Gasteiger partial charge >= 0.3 is 0 Å². The molecule has 2 aromatic rings. The molecule has 1 aromatic carbocycles. The molecule has 1 atom stereocenters. The van der Waals surface area contributed by atoms with Gasteiger partial charge in [-0.2, -0.15) is 0 Å². The molecular weight excluding hydrogens is 297 g/mol. The molecule has 1 amide bonds. The van der Waals surface area contributed by atoms with Crippen LogP contribution >= 0.6 is 11.8 Å². The number of rotatable bonds is 5. The molecule has 0 saturated carbocycles. The standard InChI is InChI=1S/C13H14FN3O3S/c1-3-10(21-12-13(19)20-16-17(12)2)11(18)15-9-7-5-4-6-8(9)14/h4-7,10H,3H2,1-2H3,(H-,15,16,18,19). The minimum Gasteiger partial charge on any atom is -0.538 e. The summed E-state index contributed by atoms with van der Waals surface area (Å²) in [5.41, 5.74) is 0.110. The molecule has 0 radical (unpaired) electrons. The van der Waals surface area contributed by atoms with Crippen LogP contribution in [0.3, 0.4) is 0 Å². The quantitative estimate of drug-likeness (QED) is 0.663. The third-order valence-corrected chi connectivity index (χ3v) is 4.25. The molecular formula is C13H14FN3O3S. The number of halogens is 1. The molecule has 2 rings (SSSR count). The third-order valence-electron chi connectivity index (χ3n) is 2.76. The maximum atomic E-state index is 13.5. The van der Waals surface area contributed by atoms with Crippen LogP contribution in [-0.4, -0.2) is 16.4 Å². The van der Waals surface area contributed by atoms with Crippen LogP contribution in [0.4, 0.5) is 10.1 Å². The van der Waals surface area contributed by atoms with Crippen LogP contribution < -0.4 is 15.1 Å². The summed E-state index contributed by atoms with van der Waals surface area (Å²) in [5, 5.41) is 17.1. The first-order valence-electron chi connectivity index (χ1n) is 6.28. The van der Waals surface area contributed by atoms with Gasteiger partial charge < -0.3 is 14.9 Å². The smallest absolute Gasteiger partial charge is 0.291 e. The van der Waals surface area contributed by atoms with Crippen molar-refractivity contribution >= 4 is 23.4 Å². The van der Waals surface area contributed by atoms with Gasteiger partial charge in [0.1, 0.15) is 5.82 Å². The van der Waals surface area contributed by atoms with E-state index < -0.39 is 17.0 Å². The highest BCUT2D eigenvalue weighted by Crippen LogP contribution is 2.28. The summed E-state index contributed by atoms with van der Waals surface area (Å²) in [5.74, 6) is -1.49. The van der Waals surface area contributed by atoms with Crippen molar-refractivity contribution in [3.63, 3.8) is 0 Å². The number of aryl methyl sites for hydroxylation is 1. The van der Waals surface area contributed by atoms with E-state index in [1.165, 1.54) is 22.9 Å². The van der Waals surface area contributed by atoms with Crippen LogP contribution in [0, 0.1) is 5.82 Å². The zero-order valence-electron chi connectivity index (χ0n) is 11.5. The number of amides is 1. The Labute approximate surface area is 124 Å². The van der Waals surface area contributed by atoms with E-state index in [0.29, 0.717) is 6.42 Å². The van der Waals surface area contributed by atoms with Gasteiger partial charge in [-0.15, -0.1) is 0 Å². The Morgan fingerprint density at radius 1 is 1.57 bits per heavy atom. The molecule has 112 valence electrons. The van der Waals surface area contributed by atoms with E-state index >= 15 is 0 Å². The van der Waals surface area contributed by atoms with E-state index in [2.05, 4.69) is 15.1 Å². The van der Waals surface area contributed by atoms with Crippen molar-refractivity contribution in [3.8, 4) is 5.95 Å². The maximum Gasteiger partial charge on any atom is 0.291 e. The Kier molecular flexibility index (Phi) is 4.79. The van der Waals surface area contributed by atoms with Crippen LogP contribution in [0.1, 0.15) is 13.3 Å². The average Bonchev–Trinajstić information content (AvgIpc) is 2.78.